The molecule has 3 nitrogen and oxygen atoms in total. The number of anilines is 3. The van der Waals surface area contributed by atoms with E-state index < -0.39 is 0 Å². The summed E-state index contributed by atoms with van der Waals surface area (Å²) in [7, 11) is 0. The summed E-state index contributed by atoms with van der Waals surface area (Å²) in [5.74, 6) is -0.432. The lowest BCUT2D eigenvalue weighted by Crippen LogP contribution is -2.10. The lowest BCUT2D eigenvalue weighted by molar-refractivity contribution is 0.0990. The molecule has 184 valence electrons. The largest absolute Gasteiger partial charge is 0.310 e. The summed E-state index contributed by atoms with van der Waals surface area (Å²) in [5, 5.41) is 4.24. The minimum Gasteiger partial charge on any atom is -0.310 e. The highest BCUT2D eigenvalue weighted by Crippen LogP contribution is 2.39. The molecule has 0 saturated carbocycles. The maximum atomic E-state index is 13.2. The number of benzene rings is 6. The Morgan fingerprint density at radius 1 is 0.487 bits per heavy atom. The highest BCUT2D eigenvalue weighted by Gasteiger charge is 2.33. The van der Waals surface area contributed by atoms with Gasteiger partial charge in [0, 0.05) is 27.9 Å². The molecule has 6 aromatic rings. The van der Waals surface area contributed by atoms with Gasteiger partial charge in [0.15, 0.2) is 11.6 Å². The standard InChI is InChI=1S/C36H23NO2/c38-35-31-22-26-10-4-5-11-27(26)23-32(31)36(39)33(35)21-24-17-19-29(20-18-24)37(28-13-2-1-3-14-28)34-16-8-12-25-9-6-7-15-30(25)34/h1-23H. The maximum Gasteiger partial charge on any atom is 0.197 e. The van der Waals surface area contributed by atoms with E-state index in [0.29, 0.717) is 11.1 Å². The fraction of sp³-hybridized carbons (Fsp3) is 0. The van der Waals surface area contributed by atoms with Crippen molar-refractivity contribution < 1.29 is 9.59 Å². The number of nitrogens with zero attached hydrogens (tertiary/aromatic N) is 1. The van der Waals surface area contributed by atoms with Gasteiger partial charge in [0.25, 0.3) is 0 Å². The molecule has 0 bridgehead atoms. The summed E-state index contributed by atoms with van der Waals surface area (Å²) in [5.41, 5.74) is 5.08. The van der Waals surface area contributed by atoms with Gasteiger partial charge in [0.2, 0.25) is 0 Å². The molecule has 0 radical (unpaired) electrons. The van der Waals surface area contributed by atoms with Crippen LogP contribution in [0.3, 0.4) is 0 Å². The quantitative estimate of drug-likeness (QED) is 0.179. The van der Waals surface area contributed by atoms with E-state index in [1.165, 1.54) is 5.39 Å². The van der Waals surface area contributed by atoms with Crippen LogP contribution in [0.15, 0.2) is 139 Å². The van der Waals surface area contributed by atoms with Crippen LogP contribution in [0.25, 0.3) is 27.6 Å². The van der Waals surface area contributed by atoms with Crippen molar-refractivity contribution in [3.05, 3.63) is 156 Å². The molecular formula is C36H23NO2. The molecule has 3 heteroatoms. The van der Waals surface area contributed by atoms with Crippen LogP contribution in [0, 0.1) is 0 Å². The van der Waals surface area contributed by atoms with Gasteiger partial charge in [-0.2, -0.15) is 0 Å². The third kappa shape index (κ3) is 3.92. The van der Waals surface area contributed by atoms with Crippen molar-refractivity contribution >= 4 is 56.2 Å². The minimum atomic E-state index is -0.216. The highest BCUT2D eigenvalue weighted by molar-refractivity contribution is 6.42. The Balaban J connectivity index is 1.28. The van der Waals surface area contributed by atoms with Crippen LogP contribution in [0.4, 0.5) is 17.1 Å². The van der Waals surface area contributed by atoms with Crippen LogP contribution in [0.5, 0.6) is 0 Å². The second-order valence-corrected chi connectivity index (χ2v) is 9.72. The average Bonchev–Trinajstić information content (AvgIpc) is 3.21. The third-order valence-electron chi connectivity index (χ3n) is 7.35. The Bertz CT molecular complexity index is 1870. The van der Waals surface area contributed by atoms with Crippen molar-refractivity contribution in [2.75, 3.05) is 4.90 Å². The summed E-state index contributed by atoms with van der Waals surface area (Å²) >= 11 is 0. The van der Waals surface area contributed by atoms with Gasteiger partial charge in [-0.05, 0) is 70.3 Å². The van der Waals surface area contributed by atoms with Crippen molar-refractivity contribution in [1.82, 2.24) is 0 Å². The average molecular weight is 502 g/mol. The van der Waals surface area contributed by atoms with Gasteiger partial charge < -0.3 is 4.90 Å². The van der Waals surface area contributed by atoms with E-state index in [1.807, 2.05) is 84.9 Å². The molecule has 0 atom stereocenters. The lowest BCUT2D eigenvalue weighted by Gasteiger charge is -2.27. The summed E-state index contributed by atoms with van der Waals surface area (Å²) in [4.78, 5) is 28.7. The first-order valence-corrected chi connectivity index (χ1v) is 12.9. The Morgan fingerprint density at radius 3 is 1.69 bits per heavy atom. The van der Waals surface area contributed by atoms with Crippen molar-refractivity contribution in [3.63, 3.8) is 0 Å². The Hall–Kier alpha value is -5.28. The van der Waals surface area contributed by atoms with Crippen LogP contribution < -0.4 is 4.90 Å². The van der Waals surface area contributed by atoms with Crippen molar-refractivity contribution in [1.29, 1.82) is 0 Å². The summed E-state index contributed by atoms with van der Waals surface area (Å²) in [6.07, 6.45) is 1.71. The van der Waals surface area contributed by atoms with Gasteiger partial charge in [-0.1, -0.05) is 91.0 Å². The molecule has 0 saturated heterocycles. The number of Topliss-reactive ketones (excluding diaryl/α,β-unsaturated/α-hetero) is 2. The zero-order chi connectivity index (χ0) is 26.3. The molecule has 0 unspecified atom stereocenters. The molecule has 0 N–H and O–H groups in total. The topological polar surface area (TPSA) is 37.4 Å². The molecular weight excluding hydrogens is 478 g/mol. The normalized spacial score (nSPS) is 12.7. The number of ketones is 2. The van der Waals surface area contributed by atoms with E-state index in [2.05, 4.69) is 53.4 Å². The molecule has 0 fully saturated rings. The number of hydrogen-bond donors (Lipinski definition) is 0. The van der Waals surface area contributed by atoms with Gasteiger partial charge >= 0.3 is 0 Å². The van der Waals surface area contributed by atoms with Gasteiger partial charge in [-0.3, -0.25) is 9.59 Å². The van der Waals surface area contributed by atoms with Gasteiger partial charge in [0.1, 0.15) is 0 Å². The maximum absolute atomic E-state index is 13.2. The Morgan fingerprint density at radius 2 is 1.03 bits per heavy atom. The van der Waals surface area contributed by atoms with Crippen molar-refractivity contribution in [3.8, 4) is 0 Å². The van der Waals surface area contributed by atoms with Gasteiger partial charge in [0.05, 0.1) is 11.3 Å². The second kappa shape index (κ2) is 9.23. The molecule has 0 aromatic heterocycles. The Kier molecular flexibility index (Phi) is 5.42. The zero-order valence-corrected chi connectivity index (χ0v) is 21.0. The second-order valence-electron chi connectivity index (χ2n) is 9.72. The lowest BCUT2D eigenvalue weighted by atomic mass is 10.0. The number of allylic oxidation sites excluding steroid dienone is 1. The number of carbonyl (C=O) groups excluding carboxylic acids is 2. The first-order chi connectivity index (χ1) is 19.2. The number of hydrogen-bond acceptors (Lipinski definition) is 3. The van der Waals surface area contributed by atoms with Crippen LogP contribution >= 0.6 is 0 Å². The van der Waals surface area contributed by atoms with E-state index in [0.717, 1.165) is 38.8 Å². The molecule has 0 spiro atoms. The van der Waals surface area contributed by atoms with Crippen LogP contribution in [-0.2, 0) is 0 Å². The first kappa shape index (κ1) is 22.9. The molecule has 0 amide bonds. The van der Waals surface area contributed by atoms with E-state index >= 15 is 0 Å². The summed E-state index contributed by atoms with van der Waals surface area (Å²) < 4.78 is 0. The zero-order valence-electron chi connectivity index (χ0n) is 21.0. The third-order valence-corrected chi connectivity index (χ3v) is 7.35. The van der Waals surface area contributed by atoms with E-state index in [1.54, 1.807) is 6.08 Å². The molecule has 39 heavy (non-hydrogen) atoms. The van der Waals surface area contributed by atoms with E-state index in [-0.39, 0.29) is 17.1 Å². The van der Waals surface area contributed by atoms with Crippen molar-refractivity contribution in [2.24, 2.45) is 0 Å². The molecule has 6 aromatic carbocycles. The van der Waals surface area contributed by atoms with Gasteiger partial charge in [-0.15, -0.1) is 0 Å². The molecule has 0 aliphatic heterocycles. The van der Waals surface area contributed by atoms with E-state index in [9.17, 15) is 9.59 Å². The first-order valence-electron chi connectivity index (χ1n) is 12.9. The number of rotatable bonds is 4. The molecule has 1 aliphatic carbocycles. The number of para-hydroxylation sites is 1. The van der Waals surface area contributed by atoms with E-state index in [4.69, 9.17) is 0 Å². The molecule has 0 heterocycles. The fourth-order valence-corrected chi connectivity index (χ4v) is 5.43. The van der Waals surface area contributed by atoms with Crippen molar-refractivity contribution in [2.45, 2.75) is 0 Å². The van der Waals surface area contributed by atoms with Crippen LogP contribution in [0.2, 0.25) is 0 Å². The number of fused-ring (bicyclic) bond motifs is 3. The number of carbonyl (C=O) groups is 2. The summed E-state index contributed by atoms with van der Waals surface area (Å²) in [6.45, 7) is 0. The predicted octanol–water partition coefficient (Wildman–Crippen LogP) is 8.93. The Labute approximate surface area is 226 Å². The molecule has 1 aliphatic rings. The monoisotopic (exact) mass is 501 g/mol. The summed E-state index contributed by atoms with van der Waals surface area (Å²) in [6, 6.07) is 44.4. The SMILES string of the molecule is O=C1C(=Cc2ccc(N(c3ccccc3)c3cccc4ccccc34)cc2)C(=O)c2cc3ccccc3cc21. The van der Waals surface area contributed by atoms with Crippen LogP contribution in [-0.4, -0.2) is 11.6 Å². The highest BCUT2D eigenvalue weighted by atomic mass is 16.2. The fourth-order valence-electron chi connectivity index (χ4n) is 5.43. The van der Waals surface area contributed by atoms with Crippen LogP contribution in [0.1, 0.15) is 26.3 Å². The molecule has 7 rings (SSSR count). The minimum absolute atomic E-state index is 0.210. The van der Waals surface area contributed by atoms with Gasteiger partial charge in [-0.25, -0.2) is 0 Å². The predicted molar refractivity (Wildman–Crippen MR) is 159 cm³/mol. The smallest absolute Gasteiger partial charge is 0.197 e.